The van der Waals surface area contributed by atoms with E-state index >= 15 is 0 Å². The van der Waals surface area contributed by atoms with Crippen molar-refractivity contribution in [3.8, 4) is 5.40 Å². The molecule has 3 heteroatoms. The first kappa shape index (κ1) is 36.3. The maximum atomic E-state index is 10.1. The molecule has 0 aliphatic rings. The van der Waals surface area contributed by atoms with E-state index in [0.717, 1.165) is 0 Å². The average Bonchev–Trinajstić information content (AvgIpc) is 2.88. The molecule has 0 aromatic carbocycles. The summed E-state index contributed by atoms with van der Waals surface area (Å²) in [7, 11) is 0. The van der Waals surface area contributed by atoms with Crippen LogP contribution in [0.4, 0.5) is 0 Å². The predicted octanol–water partition coefficient (Wildman–Crippen LogP) is 13.1. The Balaban J connectivity index is 4.93. The van der Waals surface area contributed by atoms with Crippen LogP contribution < -0.4 is 0 Å². The molecule has 0 aliphatic carbocycles. The van der Waals surface area contributed by atoms with Crippen LogP contribution in [0.1, 0.15) is 182 Å². The molecule has 0 saturated heterocycles. The first-order valence-electron chi connectivity index (χ1n) is 16.7. The number of thiocyanates is 1. The molecule has 0 fully saturated rings. The van der Waals surface area contributed by atoms with E-state index in [1.807, 2.05) is 11.4 Å². The molecule has 0 radical (unpaired) electrons. The van der Waals surface area contributed by atoms with E-state index in [0.29, 0.717) is 0 Å². The van der Waals surface area contributed by atoms with E-state index in [1.54, 1.807) is 0 Å². The third-order valence-corrected chi connectivity index (χ3v) is 19.0. The van der Waals surface area contributed by atoms with E-state index in [9.17, 15) is 5.26 Å². The molecule has 0 saturated carbocycles. The van der Waals surface area contributed by atoms with Gasteiger partial charge >= 0.3 is 221 Å². The normalized spacial score (nSPS) is 12.9. The van der Waals surface area contributed by atoms with Crippen LogP contribution in [0.2, 0.25) is 0 Å². The fourth-order valence-corrected chi connectivity index (χ4v) is 15.5. The van der Waals surface area contributed by atoms with E-state index < -0.39 is 5.81 Å². The zero-order valence-electron chi connectivity index (χ0n) is 25.6. The zero-order chi connectivity index (χ0) is 26.7. The summed E-state index contributed by atoms with van der Waals surface area (Å²) in [5.41, 5.74) is 0. The zero-order valence-corrected chi connectivity index (χ0v) is 27.3. The van der Waals surface area contributed by atoms with Gasteiger partial charge in [0.25, 0.3) is 0 Å². The Morgan fingerprint density at radius 3 is 0.861 bits per heavy atom. The van der Waals surface area contributed by atoms with Gasteiger partial charge in [-0.15, -0.1) is 0 Å². The number of rotatable bonds is 29. The van der Waals surface area contributed by atoms with Gasteiger partial charge in [-0.25, -0.2) is 0 Å². The summed E-state index contributed by atoms with van der Waals surface area (Å²) >= 11 is 1.86. The molecule has 0 aromatic heterocycles. The van der Waals surface area contributed by atoms with Gasteiger partial charge in [-0.2, -0.15) is 0 Å². The Kier molecular flexibility index (Phi) is 25.7. The average molecular weight is 542 g/mol. The van der Waals surface area contributed by atoms with Crippen LogP contribution in [0.3, 0.4) is 0 Å². The van der Waals surface area contributed by atoms with Crippen molar-refractivity contribution in [1.82, 2.24) is 0 Å². The second kappa shape index (κ2) is 25.5. The predicted molar refractivity (Wildman–Crippen MR) is 173 cm³/mol. The molecular formula is C33H68NPS. The number of nitrogens with zero attached hydrogens (tertiary/aromatic N) is 1. The first-order chi connectivity index (χ1) is 17.6. The molecule has 0 aliphatic heterocycles. The van der Waals surface area contributed by atoms with E-state index in [-0.39, 0.29) is 0 Å². The quantitative estimate of drug-likeness (QED) is 0.0534. The molecular weight excluding hydrogens is 473 g/mol. The molecule has 0 amide bonds. The molecule has 1 nitrogen and oxygen atoms in total. The summed E-state index contributed by atoms with van der Waals surface area (Å²) in [6, 6.07) is 0. The van der Waals surface area contributed by atoms with Crippen molar-refractivity contribution >= 4 is 17.2 Å². The van der Waals surface area contributed by atoms with Gasteiger partial charge < -0.3 is 0 Å². The standard InChI is InChI=1S/C33H68NPS/c1-5-9-13-17-18-19-20-21-22-23-24-28-32-35(36-33-34,29-25-14-10-6-2,30-26-15-11-7-3)31-27-16-12-8-4/h5-32H2,1-4H3. The molecule has 0 bridgehead atoms. The fourth-order valence-electron chi connectivity index (χ4n) is 6.14. The van der Waals surface area contributed by atoms with Gasteiger partial charge in [-0.3, -0.25) is 0 Å². The van der Waals surface area contributed by atoms with Gasteiger partial charge in [0, 0.05) is 0 Å². The van der Waals surface area contributed by atoms with Crippen molar-refractivity contribution in [2.75, 3.05) is 24.6 Å². The summed E-state index contributed by atoms with van der Waals surface area (Å²) in [5, 5.41) is 12.9. The van der Waals surface area contributed by atoms with Crippen LogP contribution in [-0.2, 0) is 0 Å². The van der Waals surface area contributed by atoms with E-state index in [1.165, 1.54) is 179 Å². The van der Waals surface area contributed by atoms with E-state index in [4.69, 9.17) is 0 Å². The molecule has 0 aromatic rings. The van der Waals surface area contributed by atoms with Crippen molar-refractivity contribution in [2.24, 2.45) is 0 Å². The monoisotopic (exact) mass is 541 g/mol. The SMILES string of the molecule is CCCCCCCCCCCCCCP(CCCCCC)(CCCCCC)(CCCCCC)SC#N. The summed E-state index contributed by atoms with van der Waals surface area (Å²) in [6.07, 6.45) is 39.0. The van der Waals surface area contributed by atoms with Crippen LogP contribution in [-0.4, -0.2) is 24.6 Å². The molecule has 0 spiro atoms. The van der Waals surface area contributed by atoms with Crippen LogP contribution in [0.15, 0.2) is 0 Å². The minimum absolute atomic E-state index is 1.31. The third kappa shape index (κ3) is 18.5. The maximum absolute atomic E-state index is 10.1. The number of nitriles is 1. The fraction of sp³-hybridized carbons (Fsp3) is 0.970. The molecule has 0 atom stereocenters. The molecule has 0 heterocycles. The first-order valence-corrected chi connectivity index (χ1v) is 21.1. The molecule has 0 N–H and O–H groups in total. The second-order valence-electron chi connectivity index (χ2n) is 12.0. The molecule has 216 valence electrons. The van der Waals surface area contributed by atoms with Crippen LogP contribution in [0.5, 0.6) is 0 Å². The minimum atomic E-state index is -2.04. The molecule has 0 rings (SSSR count). The number of hydrogen-bond acceptors (Lipinski definition) is 2. The Morgan fingerprint density at radius 2 is 0.611 bits per heavy atom. The van der Waals surface area contributed by atoms with Crippen LogP contribution in [0.25, 0.3) is 0 Å². The Labute approximate surface area is 233 Å². The van der Waals surface area contributed by atoms with Crippen molar-refractivity contribution in [1.29, 1.82) is 5.26 Å². The molecule has 36 heavy (non-hydrogen) atoms. The van der Waals surface area contributed by atoms with Crippen molar-refractivity contribution in [2.45, 2.75) is 182 Å². The van der Waals surface area contributed by atoms with Crippen molar-refractivity contribution in [3.05, 3.63) is 0 Å². The summed E-state index contributed by atoms with van der Waals surface area (Å²) in [5.74, 6) is -2.04. The van der Waals surface area contributed by atoms with Gasteiger partial charge in [0.1, 0.15) is 0 Å². The summed E-state index contributed by atoms with van der Waals surface area (Å²) in [6.45, 7) is 9.28. The van der Waals surface area contributed by atoms with Gasteiger partial charge in [-0.1, -0.05) is 13.3 Å². The Morgan fingerprint density at radius 1 is 0.389 bits per heavy atom. The summed E-state index contributed by atoms with van der Waals surface area (Å²) in [4.78, 5) is 0. The van der Waals surface area contributed by atoms with Crippen molar-refractivity contribution in [3.63, 3.8) is 0 Å². The number of unbranched alkanes of at least 4 members (excludes halogenated alkanes) is 20. The van der Waals surface area contributed by atoms with Gasteiger partial charge in [0.15, 0.2) is 0 Å². The third-order valence-electron chi connectivity index (χ3n) is 8.61. The van der Waals surface area contributed by atoms with Gasteiger partial charge in [0.2, 0.25) is 0 Å². The number of hydrogen-bond donors (Lipinski definition) is 0. The topological polar surface area (TPSA) is 23.8 Å². The van der Waals surface area contributed by atoms with Gasteiger partial charge in [0.05, 0.1) is 0 Å². The van der Waals surface area contributed by atoms with Crippen molar-refractivity contribution < 1.29 is 0 Å². The Bertz CT molecular complexity index is 466. The summed E-state index contributed by atoms with van der Waals surface area (Å²) < 4.78 is 0. The van der Waals surface area contributed by atoms with Crippen LogP contribution in [0, 0.1) is 10.7 Å². The molecule has 0 unspecified atom stereocenters. The Hall–Kier alpha value is 0.270. The van der Waals surface area contributed by atoms with Crippen LogP contribution >= 0.6 is 17.2 Å². The van der Waals surface area contributed by atoms with Gasteiger partial charge in [-0.05, 0) is 0 Å². The second-order valence-corrected chi connectivity index (χ2v) is 21.5. The van der Waals surface area contributed by atoms with E-state index in [2.05, 4.69) is 33.1 Å².